The van der Waals surface area contributed by atoms with Crippen LogP contribution < -0.4 is 11.1 Å². The van der Waals surface area contributed by atoms with Crippen LogP contribution in [0.1, 0.15) is 29.8 Å². The first-order valence-electron chi connectivity index (χ1n) is 9.47. The molecule has 0 atom stereocenters. The third-order valence-electron chi connectivity index (χ3n) is 4.79. The van der Waals surface area contributed by atoms with Gasteiger partial charge in [-0.1, -0.05) is 26.0 Å². The lowest BCUT2D eigenvalue weighted by atomic mass is 9.99. The second kappa shape index (κ2) is 7.67. The number of fused-ring (bicyclic) bond motifs is 1. The lowest BCUT2D eigenvalue weighted by Gasteiger charge is -2.13. The molecule has 2 aromatic heterocycles. The zero-order valence-electron chi connectivity index (χ0n) is 16.6. The van der Waals surface area contributed by atoms with Crippen LogP contribution in [0.3, 0.4) is 0 Å². The van der Waals surface area contributed by atoms with E-state index in [-0.39, 0.29) is 0 Å². The molecule has 2 aromatic carbocycles. The normalized spacial score (nSPS) is 11.3. The van der Waals surface area contributed by atoms with Gasteiger partial charge in [-0.2, -0.15) is 0 Å². The van der Waals surface area contributed by atoms with Gasteiger partial charge in [-0.15, -0.1) is 11.3 Å². The Kier molecular flexibility index (Phi) is 5.07. The molecule has 4 rings (SSSR count). The van der Waals surface area contributed by atoms with Gasteiger partial charge in [-0.05, 0) is 42.2 Å². The lowest BCUT2D eigenvalue weighted by molar-refractivity contribution is 0.100. The summed E-state index contributed by atoms with van der Waals surface area (Å²) in [4.78, 5) is 20.8. The van der Waals surface area contributed by atoms with Crippen molar-refractivity contribution in [3.8, 4) is 11.3 Å². The Labute approximate surface area is 173 Å². The fourth-order valence-corrected chi connectivity index (χ4v) is 4.07. The van der Waals surface area contributed by atoms with Crippen molar-refractivity contribution in [3.63, 3.8) is 0 Å². The summed E-state index contributed by atoms with van der Waals surface area (Å²) < 4.78 is 2.00. The largest absolute Gasteiger partial charge is 0.366 e. The van der Waals surface area contributed by atoms with Gasteiger partial charge in [0.1, 0.15) is 0 Å². The minimum Gasteiger partial charge on any atom is -0.366 e. The number of hydrogen-bond acceptors (Lipinski definition) is 5. The molecule has 0 saturated carbocycles. The zero-order chi connectivity index (χ0) is 20.5. The molecule has 3 N–H and O–H groups in total. The molecule has 1 amide bonds. The fraction of sp³-hybridized carbons (Fsp3) is 0.227. The van der Waals surface area contributed by atoms with Crippen molar-refractivity contribution >= 4 is 39.1 Å². The first-order chi connectivity index (χ1) is 13.9. The summed E-state index contributed by atoms with van der Waals surface area (Å²) in [5.41, 5.74) is 11.9. The van der Waals surface area contributed by atoms with Crippen LogP contribution in [0.5, 0.6) is 0 Å². The number of amides is 1. The molecule has 0 bridgehead atoms. The van der Waals surface area contributed by atoms with E-state index in [9.17, 15) is 4.79 Å². The summed E-state index contributed by atoms with van der Waals surface area (Å²) in [6.45, 7) is 4.34. The number of nitrogens with two attached hydrogens (primary N) is 1. The van der Waals surface area contributed by atoms with Crippen LogP contribution in [0.2, 0.25) is 0 Å². The van der Waals surface area contributed by atoms with Gasteiger partial charge in [-0.3, -0.25) is 4.79 Å². The number of carbonyl (C=O) groups is 1. The average molecular weight is 406 g/mol. The second-order valence-electron chi connectivity index (χ2n) is 7.56. The van der Waals surface area contributed by atoms with E-state index in [1.807, 2.05) is 35.5 Å². The van der Waals surface area contributed by atoms with Crippen LogP contribution in [-0.4, -0.2) is 20.4 Å². The second-order valence-corrected chi connectivity index (χ2v) is 8.41. The number of hydrogen-bond donors (Lipinski definition) is 2. The topological polar surface area (TPSA) is 85.8 Å². The first kappa shape index (κ1) is 19.1. The van der Waals surface area contributed by atoms with E-state index in [1.165, 1.54) is 11.3 Å². The maximum atomic E-state index is 11.6. The van der Waals surface area contributed by atoms with Gasteiger partial charge >= 0.3 is 0 Å². The molecule has 7 heteroatoms. The van der Waals surface area contributed by atoms with Crippen molar-refractivity contribution in [2.45, 2.75) is 20.3 Å². The molecule has 6 nitrogen and oxygen atoms in total. The van der Waals surface area contributed by atoms with Crippen molar-refractivity contribution in [1.82, 2.24) is 14.5 Å². The molecule has 29 heavy (non-hydrogen) atoms. The zero-order valence-corrected chi connectivity index (χ0v) is 17.5. The van der Waals surface area contributed by atoms with Gasteiger partial charge in [0.05, 0.1) is 23.1 Å². The third-order valence-corrected chi connectivity index (χ3v) is 5.55. The monoisotopic (exact) mass is 405 g/mol. The Morgan fingerprint density at radius 3 is 2.83 bits per heavy atom. The number of thiazole rings is 1. The van der Waals surface area contributed by atoms with E-state index in [4.69, 9.17) is 10.7 Å². The third kappa shape index (κ3) is 4.00. The van der Waals surface area contributed by atoms with Gasteiger partial charge in [0.2, 0.25) is 5.91 Å². The van der Waals surface area contributed by atoms with Gasteiger partial charge in [0, 0.05) is 29.2 Å². The number of primary amides is 1. The van der Waals surface area contributed by atoms with Crippen molar-refractivity contribution < 1.29 is 4.79 Å². The van der Waals surface area contributed by atoms with Gasteiger partial charge in [0.25, 0.3) is 0 Å². The summed E-state index contributed by atoms with van der Waals surface area (Å²) in [6.07, 6.45) is 2.71. The van der Waals surface area contributed by atoms with E-state index < -0.39 is 5.91 Å². The molecule has 0 saturated heterocycles. The molecule has 148 valence electrons. The number of rotatable bonds is 6. The van der Waals surface area contributed by atoms with Crippen LogP contribution in [0.25, 0.3) is 22.3 Å². The minimum atomic E-state index is -0.437. The summed E-state index contributed by atoms with van der Waals surface area (Å²) in [5.74, 6) is 0.0552. The SMILES string of the molecule is CC(C)Cc1ccc(C(N)=O)cc1Nc1nc(-c2ccc3c(c2)ncn3C)cs1. The van der Waals surface area contributed by atoms with Crippen LogP contribution in [0.15, 0.2) is 48.1 Å². The maximum absolute atomic E-state index is 11.6. The molecule has 0 radical (unpaired) electrons. The highest BCUT2D eigenvalue weighted by Gasteiger charge is 2.12. The number of imidazole rings is 1. The van der Waals surface area contributed by atoms with E-state index in [0.29, 0.717) is 11.5 Å². The van der Waals surface area contributed by atoms with Gasteiger partial charge in [0.15, 0.2) is 5.13 Å². The highest BCUT2D eigenvalue weighted by Crippen LogP contribution is 2.31. The van der Waals surface area contributed by atoms with E-state index in [0.717, 1.165) is 45.1 Å². The molecular formula is C22H23N5OS. The maximum Gasteiger partial charge on any atom is 0.248 e. The number of nitrogens with zero attached hydrogens (tertiary/aromatic N) is 3. The quantitative estimate of drug-likeness (QED) is 0.485. The van der Waals surface area contributed by atoms with Crippen LogP contribution >= 0.6 is 11.3 Å². The predicted molar refractivity (Wildman–Crippen MR) is 119 cm³/mol. The smallest absolute Gasteiger partial charge is 0.248 e. The standard InChI is InChI=1S/C22H23N5OS/c1-13(2)8-14-4-5-16(21(23)28)10-17(14)25-22-26-19(11-29-22)15-6-7-20-18(9-15)24-12-27(20)3/h4-7,9-13H,8H2,1-3H3,(H2,23,28)(H,25,26). The number of carbonyl (C=O) groups excluding carboxylic acids is 1. The Balaban J connectivity index is 1.64. The number of aryl methyl sites for hydroxylation is 1. The summed E-state index contributed by atoms with van der Waals surface area (Å²) in [6, 6.07) is 11.7. The highest BCUT2D eigenvalue weighted by atomic mass is 32.1. The van der Waals surface area contributed by atoms with Crippen LogP contribution in [0.4, 0.5) is 10.8 Å². The summed E-state index contributed by atoms with van der Waals surface area (Å²) in [7, 11) is 1.98. The lowest BCUT2D eigenvalue weighted by Crippen LogP contribution is -2.12. The average Bonchev–Trinajstić information content (AvgIpc) is 3.29. The Morgan fingerprint density at radius 1 is 1.24 bits per heavy atom. The molecule has 2 heterocycles. The molecular weight excluding hydrogens is 382 g/mol. The molecule has 4 aromatic rings. The molecule has 0 aliphatic rings. The predicted octanol–water partition coefficient (Wildman–Crippen LogP) is 4.74. The number of aromatic nitrogens is 3. The molecule has 0 fully saturated rings. The van der Waals surface area contributed by atoms with E-state index in [1.54, 1.807) is 12.1 Å². The number of anilines is 2. The highest BCUT2D eigenvalue weighted by molar-refractivity contribution is 7.14. The van der Waals surface area contributed by atoms with Crippen molar-refractivity contribution in [2.75, 3.05) is 5.32 Å². The van der Waals surface area contributed by atoms with Crippen LogP contribution in [0, 0.1) is 5.92 Å². The fourth-order valence-electron chi connectivity index (χ4n) is 3.34. The first-order valence-corrected chi connectivity index (χ1v) is 10.4. The van der Waals surface area contributed by atoms with Crippen molar-refractivity contribution in [3.05, 3.63) is 59.2 Å². The van der Waals surface area contributed by atoms with E-state index in [2.05, 4.69) is 36.3 Å². The number of nitrogens with one attached hydrogen (secondary N) is 1. The summed E-state index contributed by atoms with van der Waals surface area (Å²) in [5, 5.41) is 6.18. The Bertz CT molecular complexity index is 1190. The van der Waals surface area contributed by atoms with Crippen molar-refractivity contribution in [1.29, 1.82) is 0 Å². The number of benzene rings is 2. The molecule has 0 spiro atoms. The van der Waals surface area contributed by atoms with Crippen LogP contribution in [-0.2, 0) is 13.5 Å². The van der Waals surface area contributed by atoms with Crippen molar-refractivity contribution in [2.24, 2.45) is 18.7 Å². The molecule has 0 unspecified atom stereocenters. The molecule has 0 aliphatic carbocycles. The summed E-state index contributed by atoms with van der Waals surface area (Å²) >= 11 is 1.53. The van der Waals surface area contributed by atoms with Gasteiger partial charge < -0.3 is 15.6 Å². The Hall–Kier alpha value is -3.19. The van der Waals surface area contributed by atoms with E-state index >= 15 is 0 Å². The Morgan fingerprint density at radius 2 is 2.07 bits per heavy atom. The molecule has 0 aliphatic heterocycles. The minimum absolute atomic E-state index is 0.437. The van der Waals surface area contributed by atoms with Gasteiger partial charge in [-0.25, -0.2) is 9.97 Å².